The number of rotatable bonds is 4. The second-order valence-corrected chi connectivity index (χ2v) is 11.1. The summed E-state index contributed by atoms with van der Waals surface area (Å²) in [6.07, 6.45) is 9.21. The first-order valence-corrected chi connectivity index (χ1v) is 12.4. The molecular formula is C27H38O6. The van der Waals surface area contributed by atoms with E-state index < -0.39 is 0 Å². The van der Waals surface area contributed by atoms with Crippen molar-refractivity contribution >= 4 is 17.9 Å². The molecule has 4 aliphatic carbocycles. The average Bonchev–Trinajstić information content (AvgIpc) is 3.10. The fourth-order valence-corrected chi connectivity index (χ4v) is 7.91. The third-order valence-electron chi connectivity index (χ3n) is 9.49. The molecule has 8 atom stereocenters. The van der Waals surface area contributed by atoms with Crippen molar-refractivity contribution in [1.29, 1.82) is 0 Å². The average molecular weight is 459 g/mol. The van der Waals surface area contributed by atoms with Gasteiger partial charge in [-0.2, -0.15) is 0 Å². The van der Waals surface area contributed by atoms with Gasteiger partial charge in [0.05, 0.1) is 13.0 Å². The van der Waals surface area contributed by atoms with E-state index in [4.69, 9.17) is 14.2 Å². The van der Waals surface area contributed by atoms with Gasteiger partial charge in [-0.25, -0.2) is 0 Å². The molecule has 4 rings (SSSR count). The van der Waals surface area contributed by atoms with E-state index >= 15 is 0 Å². The van der Waals surface area contributed by atoms with Crippen LogP contribution < -0.4 is 0 Å². The van der Waals surface area contributed by atoms with Crippen molar-refractivity contribution in [2.75, 3.05) is 7.11 Å². The van der Waals surface area contributed by atoms with Gasteiger partial charge in [0, 0.05) is 32.1 Å². The first-order chi connectivity index (χ1) is 15.5. The summed E-state index contributed by atoms with van der Waals surface area (Å²) in [5.74, 6) is 0.169. The molecule has 3 fully saturated rings. The minimum absolute atomic E-state index is 0.0590. The predicted octanol–water partition coefficient (Wildman–Crippen LogP) is 4.77. The molecule has 6 heteroatoms. The summed E-state index contributed by atoms with van der Waals surface area (Å²) in [5, 5.41) is 0. The molecule has 182 valence electrons. The maximum absolute atomic E-state index is 12.4. The molecule has 1 unspecified atom stereocenters. The molecule has 6 nitrogen and oxygen atoms in total. The van der Waals surface area contributed by atoms with E-state index in [1.54, 1.807) is 0 Å². The van der Waals surface area contributed by atoms with Crippen LogP contribution in [0.5, 0.6) is 0 Å². The molecule has 0 radical (unpaired) electrons. The Kier molecular flexibility index (Phi) is 6.25. The van der Waals surface area contributed by atoms with Crippen LogP contribution in [0.15, 0.2) is 23.3 Å². The second-order valence-electron chi connectivity index (χ2n) is 11.1. The molecule has 0 bridgehead atoms. The van der Waals surface area contributed by atoms with Gasteiger partial charge in [0.25, 0.3) is 0 Å². The molecule has 0 spiro atoms. The fraction of sp³-hybridized carbons (Fsp3) is 0.741. The summed E-state index contributed by atoms with van der Waals surface area (Å²) in [5.41, 5.74) is 2.40. The number of esters is 3. The third-order valence-corrected chi connectivity index (χ3v) is 9.49. The molecular weight excluding hydrogens is 420 g/mol. The smallest absolute Gasteiger partial charge is 0.308 e. The largest absolute Gasteiger partial charge is 0.469 e. The van der Waals surface area contributed by atoms with Crippen molar-refractivity contribution in [2.24, 2.45) is 34.5 Å². The summed E-state index contributed by atoms with van der Waals surface area (Å²) in [6.45, 7) is 9.48. The number of carbonyl (C=O) groups is 3. The predicted molar refractivity (Wildman–Crippen MR) is 123 cm³/mol. The summed E-state index contributed by atoms with van der Waals surface area (Å²) < 4.78 is 16.5. The van der Waals surface area contributed by atoms with Crippen molar-refractivity contribution in [1.82, 2.24) is 0 Å². The van der Waals surface area contributed by atoms with Gasteiger partial charge in [-0.3, -0.25) is 14.4 Å². The molecule has 4 aliphatic rings. The maximum Gasteiger partial charge on any atom is 0.308 e. The van der Waals surface area contributed by atoms with Gasteiger partial charge in [0.15, 0.2) is 0 Å². The monoisotopic (exact) mass is 458 g/mol. The molecule has 0 aliphatic heterocycles. The highest BCUT2D eigenvalue weighted by Crippen LogP contribution is 2.66. The van der Waals surface area contributed by atoms with Crippen molar-refractivity contribution in [2.45, 2.75) is 85.4 Å². The number of ether oxygens (including phenoxy) is 3. The Bertz CT molecular complexity index is 902. The van der Waals surface area contributed by atoms with E-state index in [1.807, 2.05) is 6.92 Å². The van der Waals surface area contributed by atoms with Gasteiger partial charge in [-0.05, 0) is 48.9 Å². The SMILES string of the molecule is COC(=O)C(C)[C@H]1CC[C@H]2C3=CC=C4C[C@@H](OC(C)=O)C[C@H](OC(C)=O)[C@]4(C)[C@H]3CC[C@]12C. The van der Waals surface area contributed by atoms with Crippen molar-refractivity contribution in [3.05, 3.63) is 23.3 Å². The molecule has 0 aromatic carbocycles. The zero-order valence-electron chi connectivity index (χ0n) is 20.8. The van der Waals surface area contributed by atoms with Crippen LogP contribution in [-0.2, 0) is 28.6 Å². The Morgan fingerprint density at radius 2 is 1.70 bits per heavy atom. The number of hydrogen-bond acceptors (Lipinski definition) is 6. The van der Waals surface area contributed by atoms with Gasteiger partial charge >= 0.3 is 17.9 Å². The van der Waals surface area contributed by atoms with Gasteiger partial charge in [-0.15, -0.1) is 0 Å². The van der Waals surface area contributed by atoms with Crippen LogP contribution >= 0.6 is 0 Å². The van der Waals surface area contributed by atoms with Crippen LogP contribution in [0.25, 0.3) is 0 Å². The van der Waals surface area contributed by atoms with Crippen molar-refractivity contribution in [3.8, 4) is 0 Å². The molecule has 0 saturated heterocycles. The summed E-state index contributed by atoms with van der Waals surface area (Å²) >= 11 is 0. The highest BCUT2D eigenvalue weighted by Gasteiger charge is 2.60. The van der Waals surface area contributed by atoms with E-state index in [0.717, 1.165) is 25.7 Å². The summed E-state index contributed by atoms with van der Waals surface area (Å²) in [4.78, 5) is 36.0. The minimum Gasteiger partial charge on any atom is -0.469 e. The number of fused-ring (bicyclic) bond motifs is 5. The zero-order chi connectivity index (χ0) is 24.1. The first kappa shape index (κ1) is 24.0. The Hall–Kier alpha value is -2.11. The highest BCUT2D eigenvalue weighted by atomic mass is 16.6. The molecule has 33 heavy (non-hydrogen) atoms. The van der Waals surface area contributed by atoms with E-state index in [-0.39, 0.29) is 52.8 Å². The number of methoxy groups -OCH3 is 1. The Balaban J connectivity index is 1.68. The zero-order valence-corrected chi connectivity index (χ0v) is 20.8. The third kappa shape index (κ3) is 3.83. The van der Waals surface area contributed by atoms with Crippen LogP contribution in [0.4, 0.5) is 0 Å². The molecule has 0 aromatic rings. The summed E-state index contributed by atoms with van der Waals surface area (Å²) in [7, 11) is 1.47. The lowest BCUT2D eigenvalue weighted by atomic mass is 9.49. The first-order valence-electron chi connectivity index (χ1n) is 12.4. The lowest BCUT2D eigenvalue weighted by molar-refractivity contribution is -0.165. The second kappa shape index (κ2) is 8.59. The molecule has 0 heterocycles. The van der Waals surface area contributed by atoms with E-state index in [2.05, 4.69) is 26.0 Å². The van der Waals surface area contributed by atoms with Gasteiger partial charge in [0.1, 0.15) is 12.2 Å². The minimum atomic E-state index is -0.330. The highest BCUT2D eigenvalue weighted by molar-refractivity contribution is 5.72. The van der Waals surface area contributed by atoms with E-state index in [1.165, 1.54) is 32.1 Å². The number of allylic oxidation sites excluding steroid dienone is 3. The Morgan fingerprint density at radius 1 is 1.00 bits per heavy atom. The van der Waals surface area contributed by atoms with Crippen molar-refractivity contribution in [3.63, 3.8) is 0 Å². The lowest BCUT2D eigenvalue weighted by Crippen LogP contribution is -2.54. The number of hydrogen-bond donors (Lipinski definition) is 0. The van der Waals surface area contributed by atoms with Crippen LogP contribution in [0.2, 0.25) is 0 Å². The molecule has 3 saturated carbocycles. The number of carbonyl (C=O) groups excluding carboxylic acids is 3. The Labute approximate surface area is 197 Å². The van der Waals surface area contributed by atoms with Gasteiger partial charge in [0.2, 0.25) is 0 Å². The lowest BCUT2D eigenvalue weighted by Gasteiger charge is -2.57. The van der Waals surface area contributed by atoms with Crippen molar-refractivity contribution < 1.29 is 28.6 Å². The summed E-state index contributed by atoms with van der Waals surface area (Å²) in [6, 6.07) is 0. The normalized spacial score (nSPS) is 40.2. The van der Waals surface area contributed by atoms with Crippen LogP contribution in [0, 0.1) is 34.5 Å². The molecule has 0 amide bonds. The van der Waals surface area contributed by atoms with Crippen LogP contribution in [0.1, 0.15) is 73.1 Å². The standard InChI is InChI=1S/C27H38O6/c1-15(25(30)31-6)21-9-10-22-20-8-7-18-13-19(32-16(2)28)14-24(33-17(3)29)27(18,5)23(20)11-12-26(21,22)4/h7-8,15,19,21-24H,9-14H2,1-6H3/t15?,19-,21-,22+,23+,24+,26-,27+/m1/s1. The van der Waals surface area contributed by atoms with Gasteiger partial charge < -0.3 is 14.2 Å². The van der Waals surface area contributed by atoms with Crippen LogP contribution in [0.3, 0.4) is 0 Å². The molecule has 0 N–H and O–H groups in total. The molecule has 0 aromatic heterocycles. The van der Waals surface area contributed by atoms with Crippen LogP contribution in [-0.4, -0.2) is 37.2 Å². The van der Waals surface area contributed by atoms with Gasteiger partial charge in [-0.1, -0.05) is 44.1 Å². The van der Waals surface area contributed by atoms with E-state index in [9.17, 15) is 14.4 Å². The van der Waals surface area contributed by atoms with E-state index in [0.29, 0.717) is 24.7 Å². The maximum atomic E-state index is 12.4. The topological polar surface area (TPSA) is 78.9 Å². The Morgan fingerprint density at radius 3 is 2.33 bits per heavy atom. The quantitative estimate of drug-likeness (QED) is 0.446. The fourth-order valence-electron chi connectivity index (χ4n) is 7.91.